The topological polar surface area (TPSA) is 77.2 Å². The zero-order chi connectivity index (χ0) is 19.6. The highest BCUT2D eigenvalue weighted by Crippen LogP contribution is 2.49. The lowest BCUT2D eigenvalue weighted by Crippen LogP contribution is -2.28. The number of ether oxygens (including phenoxy) is 1. The molecule has 4 rings (SSSR count). The number of benzene rings is 2. The first-order valence-electron chi connectivity index (χ1n) is 9.37. The smallest absolute Gasteiger partial charge is 0.236 e. The minimum absolute atomic E-state index is 0.0132. The summed E-state index contributed by atoms with van der Waals surface area (Å²) in [5.41, 5.74) is 9.08. The fraction of sp³-hybridized carbons (Fsp3) is 0.217. The van der Waals surface area contributed by atoms with Crippen LogP contribution in [0.3, 0.4) is 0 Å². The quantitative estimate of drug-likeness (QED) is 0.687. The average molecular weight is 373 g/mol. The Morgan fingerprint density at radius 3 is 2.39 bits per heavy atom. The third kappa shape index (κ3) is 3.49. The zero-order valence-corrected chi connectivity index (χ0v) is 15.8. The maximum atomic E-state index is 13.0. The molecule has 0 unspecified atom stereocenters. The SMILES string of the molecule is COc1ccc(C2(C(=O)Nc3cccc(-c4ccc(CN)cc4)n3)CC2)cc1. The molecule has 0 saturated heterocycles. The van der Waals surface area contributed by atoms with E-state index in [2.05, 4.69) is 10.3 Å². The molecule has 0 aliphatic heterocycles. The highest BCUT2D eigenvalue weighted by atomic mass is 16.5. The van der Waals surface area contributed by atoms with Crippen LogP contribution in [-0.4, -0.2) is 18.0 Å². The standard InChI is InChI=1S/C23H23N3O2/c1-28-19-11-9-18(10-12-19)23(13-14-23)22(27)26-21-4-2-3-20(25-21)17-7-5-16(15-24)6-8-17/h2-12H,13-15,24H2,1H3,(H,25,26,27). The van der Waals surface area contributed by atoms with E-state index in [0.717, 1.165) is 41.0 Å². The number of rotatable bonds is 6. The van der Waals surface area contributed by atoms with Crippen molar-refractivity contribution in [2.24, 2.45) is 5.73 Å². The molecule has 5 heteroatoms. The number of methoxy groups -OCH3 is 1. The monoisotopic (exact) mass is 373 g/mol. The van der Waals surface area contributed by atoms with Gasteiger partial charge in [0.25, 0.3) is 0 Å². The van der Waals surface area contributed by atoms with Gasteiger partial charge in [0.2, 0.25) is 5.91 Å². The van der Waals surface area contributed by atoms with Crippen LogP contribution in [0.4, 0.5) is 5.82 Å². The van der Waals surface area contributed by atoms with Crippen molar-refractivity contribution < 1.29 is 9.53 Å². The fourth-order valence-corrected chi connectivity index (χ4v) is 3.39. The van der Waals surface area contributed by atoms with E-state index < -0.39 is 5.41 Å². The molecule has 1 aliphatic rings. The largest absolute Gasteiger partial charge is 0.497 e. The van der Waals surface area contributed by atoms with Crippen molar-refractivity contribution in [1.82, 2.24) is 4.98 Å². The summed E-state index contributed by atoms with van der Waals surface area (Å²) in [5.74, 6) is 1.33. The number of aromatic nitrogens is 1. The second-order valence-electron chi connectivity index (χ2n) is 7.07. The van der Waals surface area contributed by atoms with Crippen molar-refractivity contribution in [1.29, 1.82) is 0 Å². The summed E-state index contributed by atoms with van der Waals surface area (Å²) >= 11 is 0. The van der Waals surface area contributed by atoms with Crippen LogP contribution in [0, 0.1) is 0 Å². The average Bonchev–Trinajstić information content (AvgIpc) is 3.56. The van der Waals surface area contributed by atoms with Gasteiger partial charge in [-0.2, -0.15) is 0 Å². The summed E-state index contributed by atoms with van der Waals surface area (Å²) in [6, 6.07) is 21.4. The van der Waals surface area contributed by atoms with Crippen LogP contribution in [0.5, 0.6) is 5.75 Å². The number of nitrogens with zero attached hydrogens (tertiary/aromatic N) is 1. The first-order chi connectivity index (χ1) is 13.6. The summed E-state index contributed by atoms with van der Waals surface area (Å²) in [6.45, 7) is 0.511. The highest BCUT2D eigenvalue weighted by Gasteiger charge is 2.51. The molecule has 142 valence electrons. The van der Waals surface area contributed by atoms with Gasteiger partial charge in [-0.15, -0.1) is 0 Å². The van der Waals surface area contributed by atoms with E-state index in [-0.39, 0.29) is 5.91 Å². The van der Waals surface area contributed by atoms with Gasteiger partial charge in [0.15, 0.2) is 0 Å². The molecule has 2 aromatic carbocycles. The summed E-state index contributed by atoms with van der Waals surface area (Å²) in [5, 5.41) is 3.00. The third-order valence-electron chi connectivity index (χ3n) is 5.30. The maximum absolute atomic E-state index is 13.0. The lowest BCUT2D eigenvalue weighted by atomic mass is 9.95. The van der Waals surface area contributed by atoms with E-state index >= 15 is 0 Å². The molecule has 0 spiro atoms. The van der Waals surface area contributed by atoms with Gasteiger partial charge in [0.1, 0.15) is 11.6 Å². The normalized spacial score (nSPS) is 14.4. The van der Waals surface area contributed by atoms with Crippen LogP contribution in [0.25, 0.3) is 11.3 Å². The van der Waals surface area contributed by atoms with Crippen molar-refractivity contribution in [2.75, 3.05) is 12.4 Å². The van der Waals surface area contributed by atoms with Gasteiger partial charge < -0.3 is 15.8 Å². The molecule has 1 fully saturated rings. The predicted molar refractivity (Wildman–Crippen MR) is 110 cm³/mol. The second kappa shape index (κ2) is 7.44. The van der Waals surface area contributed by atoms with E-state index in [4.69, 9.17) is 10.5 Å². The summed E-state index contributed by atoms with van der Waals surface area (Å²) in [4.78, 5) is 17.6. The molecule has 28 heavy (non-hydrogen) atoms. The molecule has 0 atom stereocenters. The Morgan fingerprint density at radius 2 is 1.79 bits per heavy atom. The first-order valence-corrected chi connectivity index (χ1v) is 9.37. The maximum Gasteiger partial charge on any atom is 0.236 e. The Morgan fingerprint density at radius 1 is 1.07 bits per heavy atom. The Labute approximate surface area is 164 Å². The Balaban J connectivity index is 1.53. The third-order valence-corrected chi connectivity index (χ3v) is 5.30. The number of hydrogen-bond donors (Lipinski definition) is 2. The number of amides is 1. The van der Waals surface area contributed by atoms with Gasteiger partial charge in [0, 0.05) is 12.1 Å². The van der Waals surface area contributed by atoms with Crippen LogP contribution >= 0.6 is 0 Å². The van der Waals surface area contributed by atoms with Crippen LogP contribution < -0.4 is 15.8 Å². The second-order valence-corrected chi connectivity index (χ2v) is 7.07. The van der Waals surface area contributed by atoms with E-state index in [1.54, 1.807) is 7.11 Å². The van der Waals surface area contributed by atoms with E-state index in [9.17, 15) is 4.79 Å². The molecule has 5 nitrogen and oxygen atoms in total. The molecule has 3 N–H and O–H groups in total. The summed E-state index contributed by atoms with van der Waals surface area (Å²) in [7, 11) is 1.64. The van der Waals surface area contributed by atoms with Gasteiger partial charge in [-0.05, 0) is 48.2 Å². The molecule has 1 saturated carbocycles. The lowest BCUT2D eigenvalue weighted by Gasteiger charge is -2.16. The molecule has 1 aliphatic carbocycles. The summed E-state index contributed by atoms with van der Waals surface area (Å²) in [6.07, 6.45) is 1.68. The zero-order valence-electron chi connectivity index (χ0n) is 15.8. The highest BCUT2D eigenvalue weighted by molar-refractivity contribution is 6.01. The van der Waals surface area contributed by atoms with Crippen molar-refractivity contribution in [3.63, 3.8) is 0 Å². The Bertz CT molecular complexity index is 977. The van der Waals surface area contributed by atoms with Gasteiger partial charge >= 0.3 is 0 Å². The predicted octanol–water partition coefficient (Wildman–Crippen LogP) is 3.89. The van der Waals surface area contributed by atoms with Crippen molar-refractivity contribution in [2.45, 2.75) is 24.8 Å². The number of anilines is 1. The molecule has 0 radical (unpaired) electrons. The number of carbonyl (C=O) groups excluding carboxylic acids is 1. The minimum Gasteiger partial charge on any atom is -0.497 e. The van der Waals surface area contributed by atoms with Crippen LogP contribution in [0.1, 0.15) is 24.0 Å². The van der Waals surface area contributed by atoms with E-state index in [1.165, 1.54) is 0 Å². The van der Waals surface area contributed by atoms with E-state index in [0.29, 0.717) is 12.4 Å². The molecule has 1 amide bonds. The van der Waals surface area contributed by atoms with Crippen molar-refractivity contribution >= 4 is 11.7 Å². The van der Waals surface area contributed by atoms with E-state index in [1.807, 2.05) is 66.7 Å². The van der Waals surface area contributed by atoms with Crippen molar-refractivity contribution in [3.05, 3.63) is 77.9 Å². The molecule has 0 bridgehead atoms. The first kappa shape index (κ1) is 18.2. The summed E-state index contributed by atoms with van der Waals surface area (Å²) < 4.78 is 5.21. The minimum atomic E-state index is -0.466. The van der Waals surface area contributed by atoms with Gasteiger partial charge in [0.05, 0.1) is 18.2 Å². The Hall–Kier alpha value is -3.18. The van der Waals surface area contributed by atoms with Crippen LogP contribution in [0.15, 0.2) is 66.7 Å². The van der Waals surface area contributed by atoms with Gasteiger partial charge in [-0.25, -0.2) is 4.98 Å². The van der Waals surface area contributed by atoms with Gasteiger partial charge in [-0.1, -0.05) is 42.5 Å². The number of pyridine rings is 1. The molecule has 1 heterocycles. The molecular weight excluding hydrogens is 350 g/mol. The lowest BCUT2D eigenvalue weighted by molar-refractivity contribution is -0.118. The number of carbonyl (C=O) groups is 1. The molecular formula is C23H23N3O2. The van der Waals surface area contributed by atoms with Crippen LogP contribution in [-0.2, 0) is 16.8 Å². The number of nitrogens with one attached hydrogen (secondary N) is 1. The van der Waals surface area contributed by atoms with Gasteiger partial charge in [-0.3, -0.25) is 4.79 Å². The number of hydrogen-bond acceptors (Lipinski definition) is 4. The fourth-order valence-electron chi connectivity index (χ4n) is 3.39. The van der Waals surface area contributed by atoms with Crippen molar-refractivity contribution in [3.8, 4) is 17.0 Å². The number of nitrogens with two attached hydrogens (primary N) is 1. The molecule has 3 aromatic rings. The van der Waals surface area contributed by atoms with Crippen LogP contribution in [0.2, 0.25) is 0 Å². The Kier molecular flexibility index (Phi) is 4.84. The molecule has 1 aromatic heterocycles.